The first-order valence-electron chi connectivity index (χ1n) is 14.8. The smallest absolute Gasteiger partial charge is 0.406 e. The predicted molar refractivity (Wildman–Crippen MR) is 173 cm³/mol. The molecule has 0 bridgehead atoms. The lowest BCUT2D eigenvalue weighted by molar-refractivity contribution is -0.274. The fraction of sp³-hybridized carbons (Fsp3) is 0.353. The van der Waals surface area contributed by atoms with Crippen LogP contribution in [0.2, 0.25) is 0 Å². The second-order valence-electron chi connectivity index (χ2n) is 12.1. The Balaban J connectivity index is 1.29. The molecule has 3 aromatic carbocycles. The molecule has 1 saturated heterocycles. The number of hydrogen-bond donors (Lipinski definition) is 0. The number of nitrogens with zero attached hydrogens (tertiary/aromatic N) is 5. The number of carbonyl (C=O) groups excluding carboxylic acids is 1. The Kier molecular flexibility index (Phi) is 9.38. The van der Waals surface area contributed by atoms with E-state index in [9.17, 15) is 18.0 Å². The van der Waals surface area contributed by atoms with E-state index < -0.39 is 11.8 Å². The van der Waals surface area contributed by atoms with Crippen molar-refractivity contribution in [1.29, 1.82) is 0 Å². The third-order valence-electron chi connectivity index (χ3n) is 7.80. The standard InChI is InChI=1S/C34H36F3N5O2S/c1-22(2)28-8-6-7-9-29(28)42-23(3)18-19-45-32(42)39-30(43)20-33(4,5)25-12-10-24(11-13-25)31-38-21-41(40-31)26-14-16-27(17-15-26)44-34(35,36)37/h6-17,21-23H,18-20H2,1-5H3. The van der Waals surface area contributed by atoms with Crippen LogP contribution in [-0.4, -0.2) is 44.0 Å². The maximum atomic E-state index is 13.4. The number of aromatic nitrogens is 3. The lowest BCUT2D eigenvalue weighted by Crippen LogP contribution is -2.42. The number of amidine groups is 1. The van der Waals surface area contributed by atoms with E-state index in [-0.39, 0.29) is 24.1 Å². The summed E-state index contributed by atoms with van der Waals surface area (Å²) in [4.78, 5) is 24.6. The molecule has 4 aromatic rings. The number of aliphatic imine (C=N–C) groups is 1. The van der Waals surface area contributed by atoms with Crippen LogP contribution in [0.1, 0.15) is 64.5 Å². The largest absolute Gasteiger partial charge is 0.573 e. The maximum absolute atomic E-state index is 13.4. The van der Waals surface area contributed by atoms with E-state index >= 15 is 0 Å². The number of rotatable bonds is 8. The lowest BCUT2D eigenvalue weighted by Gasteiger charge is -2.37. The number of thioether (sulfide) groups is 1. The van der Waals surface area contributed by atoms with Crippen LogP contribution in [0, 0.1) is 0 Å². The molecule has 1 aliphatic rings. The van der Waals surface area contributed by atoms with Crippen molar-refractivity contribution in [2.24, 2.45) is 4.99 Å². The first-order valence-corrected chi connectivity index (χ1v) is 15.8. The highest BCUT2D eigenvalue weighted by atomic mass is 32.2. The zero-order chi connectivity index (χ0) is 32.4. The third kappa shape index (κ3) is 7.76. The van der Waals surface area contributed by atoms with Gasteiger partial charge in [-0.3, -0.25) is 4.79 Å². The molecule has 1 unspecified atom stereocenters. The van der Waals surface area contributed by atoms with Crippen molar-refractivity contribution >= 4 is 28.5 Å². The molecule has 1 aromatic heterocycles. The number of para-hydroxylation sites is 1. The van der Waals surface area contributed by atoms with E-state index in [0.29, 0.717) is 17.4 Å². The molecule has 5 rings (SSSR count). The summed E-state index contributed by atoms with van der Waals surface area (Å²) < 4.78 is 42.8. The van der Waals surface area contributed by atoms with E-state index in [1.54, 1.807) is 11.8 Å². The highest BCUT2D eigenvalue weighted by molar-refractivity contribution is 8.14. The molecule has 0 spiro atoms. The zero-order valence-electron chi connectivity index (χ0n) is 25.9. The van der Waals surface area contributed by atoms with Gasteiger partial charge in [-0.1, -0.05) is 81.9 Å². The minimum Gasteiger partial charge on any atom is -0.406 e. The highest BCUT2D eigenvalue weighted by Gasteiger charge is 2.32. The summed E-state index contributed by atoms with van der Waals surface area (Å²) in [6.07, 6.45) is -2.00. The zero-order valence-corrected chi connectivity index (χ0v) is 26.7. The van der Waals surface area contributed by atoms with Gasteiger partial charge < -0.3 is 9.64 Å². The van der Waals surface area contributed by atoms with Gasteiger partial charge in [-0.2, -0.15) is 4.99 Å². The SMILES string of the molecule is CC(C)c1ccccc1N1C(=NC(=O)CC(C)(C)c2ccc(-c3ncn(-c4ccc(OC(F)(F)F)cc4)n3)cc2)SCCC1C. The molecule has 7 nitrogen and oxygen atoms in total. The first-order chi connectivity index (χ1) is 21.3. The minimum atomic E-state index is -4.75. The third-order valence-corrected chi connectivity index (χ3v) is 8.78. The van der Waals surface area contributed by atoms with Crippen molar-refractivity contribution in [3.63, 3.8) is 0 Å². The van der Waals surface area contributed by atoms with Crippen molar-refractivity contribution in [3.8, 4) is 22.8 Å². The highest BCUT2D eigenvalue weighted by Crippen LogP contribution is 2.36. The summed E-state index contributed by atoms with van der Waals surface area (Å²) in [6.45, 7) is 10.6. The molecule has 45 heavy (non-hydrogen) atoms. The van der Waals surface area contributed by atoms with E-state index in [2.05, 4.69) is 63.7 Å². The van der Waals surface area contributed by atoms with Crippen LogP contribution in [0.15, 0.2) is 84.1 Å². The average Bonchev–Trinajstić information content (AvgIpc) is 3.47. The molecule has 0 radical (unpaired) electrons. The molecular weight excluding hydrogens is 599 g/mol. The van der Waals surface area contributed by atoms with Crippen molar-refractivity contribution < 1.29 is 22.7 Å². The normalized spacial score (nSPS) is 16.8. The molecule has 0 saturated carbocycles. The minimum absolute atomic E-state index is 0.167. The Morgan fingerprint density at radius 3 is 2.40 bits per heavy atom. The van der Waals surface area contributed by atoms with Crippen LogP contribution < -0.4 is 9.64 Å². The summed E-state index contributed by atoms with van der Waals surface area (Å²) in [7, 11) is 0. The summed E-state index contributed by atoms with van der Waals surface area (Å²) in [5.41, 5.74) is 4.16. The molecule has 1 amide bonds. The predicted octanol–water partition coefficient (Wildman–Crippen LogP) is 8.54. The van der Waals surface area contributed by atoms with Gasteiger partial charge in [-0.25, -0.2) is 9.67 Å². The number of halogens is 3. The molecule has 1 fully saturated rings. The van der Waals surface area contributed by atoms with Crippen molar-refractivity contribution in [2.75, 3.05) is 10.7 Å². The van der Waals surface area contributed by atoms with Crippen molar-refractivity contribution in [1.82, 2.24) is 14.8 Å². The number of alkyl halides is 3. The van der Waals surface area contributed by atoms with E-state index in [1.165, 1.54) is 40.8 Å². The quantitative estimate of drug-likeness (QED) is 0.193. The molecule has 11 heteroatoms. The molecule has 2 heterocycles. The van der Waals surface area contributed by atoms with E-state index in [0.717, 1.165) is 34.2 Å². The van der Waals surface area contributed by atoms with Gasteiger partial charge in [0.25, 0.3) is 0 Å². The summed E-state index contributed by atoms with van der Waals surface area (Å²) in [5, 5.41) is 5.23. The molecule has 0 N–H and O–H groups in total. The summed E-state index contributed by atoms with van der Waals surface area (Å²) in [6, 6.07) is 21.7. The molecule has 1 atom stereocenters. The van der Waals surface area contributed by atoms with Crippen molar-refractivity contribution in [2.45, 2.75) is 71.2 Å². The first kappa shape index (κ1) is 32.3. The fourth-order valence-electron chi connectivity index (χ4n) is 5.35. The van der Waals surface area contributed by atoms with Crippen LogP contribution in [-0.2, 0) is 10.2 Å². The number of ether oxygens (including phenoxy) is 1. The van der Waals surface area contributed by atoms with E-state index in [4.69, 9.17) is 0 Å². The van der Waals surface area contributed by atoms with E-state index in [1.807, 2.05) is 44.2 Å². The fourth-order valence-corrected chi connectivity index (χ4v) is 6.57. The second-order valence-corrected chi connectivity index (χ2v) is 13.1. The van der Waals surface area contributed by atoms with Gasteiger partial charge in [0.2, 0.25) is 5.91 Å². The van der Waals surface area contributed by atoms with Crippen LogP contribution in [0.4, 0.5) is 18.9 Å². The Bertz CT molecular complexity index is 1660. The van der Waals surface area contributed by atoms with Crippen molar-refractivity contribution in [3.05, 3.63) is 90.3 Å². The number of anilines is 1. The number of carbonyl (C=O) groups is 1. The van der Waals surface area contributed by atoms with Gasteiger partial charge >= 0.3 is 6.36 Å². The van der Waals surface area contributed by atoms with Gasteiger partial charge in [0.15, 0.2) is 11.0 Å². The molecule has 1 aliphatic heterocycles. The lowest BCUT2D eigenvalue weighted by atomic mass is 9.81. The summed E-state index contributed by atoms with van der Waals surface area (Å²) in [5.74, 6) is 1.24. The molecule has 0 aliphatic carbocycles. The topological polar surface area (TPSA) is 72.6 Å². The second kappa shape index (κ2) is 13.1. The molecular formula is C34H36F3N5O2S. The Morgan fingerprint density at radius 1 is 1.04 bits per heavy atom. The van der Waals surface area contributed by atoms with Crippen LogP contribution in [0.25, 0.3) is 17.1 Å². The van der Waals surface area contributed by atoms with Gasteiger partial charge in [0, 0.05) is 29.5 Å². The van der Waals surface area contributed by atoms with Gasteiger partial charge in [0.1, 0.15) is 12.1 Å². The van der Waals surface area contributed by atoms with Crippen LogP contribution in [0.3, 0.4) is 0 Å². The Labute approximate surface area is 265 Å². The number of benzene rings is 3. The molecule has 236 valence electrons. The summed E-state index contributed by atoms with van der Waals surface area (Å²) >= 11 is 1.63. The van der Waals surface area contributed by atoms with Gasteiger partial charge in [0.05, 0.1) is 5.69 Å². The van der Waals surface area contributed by atoms with Gasteiger partial charge in [-0.15, -0.1) is 18.3 Å². The monoisotopic (exact) mass is 635 g/mol. The van der Waals surface area contributed by atoms with Crippen LogP contribution in [0.5, 0.6) is 5.75 Å². The maximum Gasteiger partial charge on any atom is 0.573 e. The number of amides is 1. The number of hydrogen-bond acceptors (Lipinski definition) is 5. The average molecular weight is 636 g/mol. The van der Waals surface area contributed by atoms with Crippen LogP contribution >= 0.6 is 11.8 Å². The Hall–Kier alpha value is -4.12. The van der Waals surface area contributed by atoms with Gasteiger partial charge in [-0.05, 0) is 66.1 Å². The Morgan fingerprint density at radius 2 is 1.73 bits per heavy atom.